The van der Waals surface area contributed by atoms with Crippen LogP contribution in [0.3, 0.4) is 0 Å². The zero-order chi connectivity index (χ0) is 20.3. The zero-order valence-corrected chi connectivity index (χ0v) is 17.1. The summed E-state index contributed by atoms with van der Waals surface area (Å²) in [5, 5.41) is 0.476. The van der Waals surface area contributed by atoms with E-state index in [1.54, 1.807) is 6.92 Å². The summed E-state index contributed by atoms with van der Waals surface area (Å²) in [7, 11) is 0. The van der Waals surface area contributed by atoms with E-state index in [0.717, 1.165) is 33.5 Å². The van der Waals surface area contributed by atoms with Crippen molar-refractivity contribution in [1.82, 2.24) is 4.98 Å². The van der Waals surface area contributed by atoms with Gasteiger partial charge in [-0.05, 0) is 36.8 Å². The summed E-state index contributed by atoms with van der Waals surface area (Å²) in [5.74, 6) is -0.481. The number of aromatic nitrogens is 1. The number of halogens is 4. The Labute approximate surface area is 172 Å². The Hall–Kier alpha value is -2.19. The molecule has 8 heteroatoms. The molecule has 0 saturated carbocycles. The number of hydrogen-bond donors (Lipinski definition) is 0. The van der Waals surface area contributed by atoms with Crippen LogP contribution in [0.4, 0.5) is 13.2 Å². The average Bonchev–Trinajstić information content (AvgIpc) is 3.07. The minimum Gasteiger partial charge on any atom is -0.462 e. The van der Waals surface area contributed by atoms with Crippen molar-refractivity contribution in [3.63, 3.8) is 0 Å². The van der Waals surface area contributed by atoms with E-state index in [0.29, 0.717) is 27.6 Å². The maximum absolute atomic E-state index is 12.8. The van der Waals surface area contributed by atoms with E-state index >= 15 is 0 Å². The van der Waals surface area contributed by atoms with Gasteiger partial charge in [0.15, 0.2) is 0 Å². The highest BCUT2D eigenvalue weighted by Crippen LogP contribution is 2.34. The van der Waals surface area contributed by atoms with Crippen LogP contribution < -0.4 is 0 Å². The first kappa shape index (κ1) is 20.5. The molecule has 0 unspecified atom stereocenters. The lowest BCUT2D eigenvalue weighted by atomic mass is 10.1. The fourth-order valence-electron chi connectivity index (χ4n) is 2.55. The van der Waals surface area contributed by atoms with Crippen molar-refractivity contribution in [2.75, 3.05) is 6.61 Å². The summed E-state index contributed by atoms with van der Waals surface area (Å²) < 4.78 is 44.4. The van der Waals surface area contributed by atoms with Gasteiger partial charge in [0.1, 0.15) is 9.88 Å². The number of carbonyl (C=O) groups excluding carboxylic acids is 1. The number of benzene rings is 2. The highest BCUT2D eigenvalue weighted by Gasteiger charge is 2.30. The van der Waals surface area contributed by atoms with Gasteiger partial charge in [-0.2, -0.15) is 13.2 Å². The van der Waals surface area contributed by atoms with Crippen molar-refractivity contribution in [1.29, 1.82) is 0 Å². The average molecular weight is 470 g/mol. The summed E-state index contributed by atoms with van der Waals surface area (Å²) in [4.78, 5) is 17.2. The normalized spacial score (nSPS) is 11.5. The van der Waals surface area contributed by atoms with Crippen LogP contribution in [0.2, 0.25) is 0 Å². The van der Waals surface area contributed by atoms with Crippen LogP contribution in [0.1, 0.15) is 33.4 Å². The van der Waals surface area contributed by atoms with E-state index in [4.69, 9.17) is 4.74 Å². The molecule has 3 aromatic rings. The number of nitrogens with zero attached hydrogens (tertiary/aromatic N) is 1. The molecule has 0 spiro atoms. The third-order valence-corrected chi connectivity index (χ3v) is 5.56. The lowest BCUT2D eigenvalue weighted by Crippen LogP contribution is -2.06. The molecule has 2 aromatic carbocycles. The van der Waals surface area contributed by atoms with Gasteiger partial charge >= 0.3 is 12.1 Å². The zero-order valence-electron chi connectivity index (χ0n) is 14.7. The highest BCUT2D eigenvalue weighted by molar-refractivity contribution is 9.10. The third-order valence-electron chi connectivity index (χ3n) is 3.90. The van der Waals surface area contributed by atoms with Gasteiger partial charge in [0, 0.05) is 16.5 Å². The van der Waals surface area contributed by atoms with Crippen molar-refractivity contribution in [2.45, 2.75) is 19.5 Å². The van der Waals surface area contributed by atoms with Gasteiger partial charge in [0.25, 0.3) is 0 Å². The molecule has 0 aliphatic rings. The number of alkyl halides is 3. The molecule has 1 aromatic heterocycles. The van der Waals surface area contributed by atoms with E-state index in [1.165, 1.54) is 12.1 Å². The molecule has 3 rings (SSSR count). The van der Waals surface area contributed by atoms with E-state index in [1.807, 2.05) is 24.3 Å². The van der Waals surface area contributed by atoms with Crippen LogP contribution in [0.15, 0.2) is 53.0 Å². The molecule has 0 aliphatic carbocycles. The standard InChI is InChI=1S/C20H15BrF3NO2S/c1-2-27-19(26)17-16(11-12-3-9-15(21)10-4-12)25-18(28-17)13-5-7-14(8-6-13)20(22,23)24/h3-10H,2,11H2,1H3. The highest BCUT2D eigenvalue weighted by atomic mass is 79.9. The summed E-state index contributed by atoms with van der Waals surface area (Å²) in [6.45, 7) is 1.94. The van der Waals surface area contributed by atoms with E-state index in [2.05, 4.69) is 20.9 Å². The van der Waals surface area contributed by atoms with Gasteiger partial charge in [0.2, 0.25) is 0 Å². The van der Waals surface area contributed by atoms with Crippen LogP contribution in [0.25, 0.3) is 10.6 Å². The molecule has 0 aliphatic heterocycles. The van der Waals surface area contributed by atoms with Gasteiger partial charge in [0.05, 0.1) is 17.9 Å². The van der Waals surface area contributed by atoms with Crippen molar-refractivity contribution in [2.24, 2.45) is 0 Å². The molecule has 0 amide bonds. The van der Waals surface area contributed by atoms with Crippen LogP contribution in [0.5, 0.6) is 0 Å². The Morgan fingerprint density at radius 2 is 1.75 bits per heavy atom. The predicted molar refractivity (Wildman–Crippen MR) is 105 cm³/mol. The summed E-state index contributed by atoms with van der Waals surface area (Å²) in [5.41, 5.74) is 1.29. The molecule has 0 radical (unpaired) electrons. The Morgan fingerprint density at radius 1 is 1.11 bits per heavy atom. The molecule has 0 saturated heterocycles. The van der Waals surface area contributed by atoms with E-state index < -0.39 is 17.7 Å². The minimum atomic E-state index is -4.40. The number of thiazole rings is 1. The molecule has 1 heterocycles. The molecular weight excluding hydrogens is 455 g/mol. The van der Waals surface area contributed by atoms with Crippen molar-refractivity contribution in [3.05, 3.63) is 74.7 Å². The molecule has 0 N–H and O–H groups in total. The summed E-state index contributed by atoms with van der Waals surface area (Å²) in [6.07, 6.45) is -3.98. The second-order valence-electron chi connectivity index (χ2n) is 5.89. The van der Waals surface area contributed by atoms with Gasteiger partial charge < -0.3 is 4.74 Å². The molecule has 0 bridgehead atoms. The Bertz CT molecular complexity index is 967. The third kappa shape index (κ3) is 4.80. The second-order valence-corrected chi connectivity index (χ2v) is 7.81. The molecule has 28 heavy (non-hydrogen) atoms. The largest absolute Gasteiger partial charge is 0.462 e. The number of carbonyl (C=O) groups is 1. The van der Waals surface area contributed by atoms with Gasteiger partial charge in [-0.15, -0.1) is 11.3 Å². The first-order valence-electron chi connectivity index (χ1n) is 8.37. The fourth-order valence-corrected chi connectivity index (χ4v) is 3.79. The van der Waals surface area contributed by atoms with Gasteiger partial charge in [-0.3, -0.25) is 0 Å². The maximum Gasteiger partial charge on any atom is 0.416 e. The minimum absolute atomic E-state index is 0.226. The molecule has 0 fully saturated rings. The van der Waals surface area contributed by atoms with Crippen molar-refractivity contribution < 1.29 is 22.7 Å². The van der Waals surface area contributed by atoms with Crippen molar-refractivity contribution in [3.8, 4) is 10.6 Å². The van der Waals surface area contributed by atoms with Crippen LogP contribution in [-0.2, 0) is 17.3 Å². The van der Waals surface area contributed by atoms with E-state index in [9.17, 15) is 18.0 Å². The van der Waals surface area contributed by atoms with Gasteiger partial charge in [-0.25, -0.2) is 9.78 Å². The predicted octanol–water partition coefficient (Wildman–Crippen LogP) is 6.36. The first-order valence-corrected chi connectivity index (χ1v) is 9.97. The second kappa shape index (κ2) is 8.45. The van der Waals surface area contributed by atoms with Crippen LogP contribution >= 0.6 is 27.3 Å². The lowest BCUT2D eigenvalue weighted by molar-refractivity contribution is -0.137. The van der Waals surface area contributed by atoms with Crippen molar-refractivity contribution >= 4 is 33.2 Å². The number of esters is 1. The van der Waals surface area contributed by atoms with Gasteiger partial charge in [-0.1, -0.05) is 40.2 Å². The first-order chi connectivity index (χ1) is 13.3. The maximum atomic E-state index is 12.8. The molecular formula is C20H15BrF3NO2S. The van der Waals surface area contributed by atoms with Crippen LogP contribution in [-0.4, -0.2) is 17.6 Å². The topological polar surface area (TPSA) is 39.2 Å². The number of rotatable bonds is 5. The lowest BCUT2D eigenvalue weighted by Gasteiger charge is -2.06. The summed E-state index contributed by atoms with van der Waals surface area (Å²) in [6, 6.07) is 12.3. The molecule has 3 nitrogen and oxygen atoms in total. The molecule has 0 atom stereocenters. The monoisotopic (exact) mass is 469 g/mol. The van der Waals surface area contributed by atoms with E-state index in [-0.39, 0.29) is 6.61 Å². The quantitative estimate of drug-likeness (QED) is 0.408. The Kier molecular flexibility index (Phi) is 6.20. The smallest absolute Gasteiger partial charge is 0.416 e. The fraction of sp³-hybridized carbons (Fsp3) is 0.200. The summed E-state index contributed by atoms with van der Waals surface area (Å²) >= 11 is 4.50. The van der Waals surface area contributed by atoms with Crippen LogP contribution in [0, 0.1) is 0 Å². The Morgan fingerprint density at radius 3 is 2.32 bits per heavy atom. The molecule has 146 valence electrons. The SMILES string of the molecule is CCOC(=O)c1sc(-c2ccc(C(F)(F)F)cc2)nc1Cc1ccc(Br)cc1. The number of ether oxygens (including phenoxy) is 1. The number of hydrogen-bond acceptors (Lipinski definition) is 4. The Balaban J connectivity index is 1.96.